The van der Waals surface area contributed by atoms with Crippen LogP contribution in [0, 0.1) is 23.7 Å². The first-order valence-corrected chi connectivity index (χ1v) is 8.21. The fraction of sp³-hybridized carbons (Fsp3) is 0.684. The molecule has 1 heteroatoms. The highest BCUT2D eigenvalue weighted by molar-refractivity contribution is 5.25. The number of rotatable bonds is 4. The molecule has 1 aromatic carbocycles. The van der Waals surface area contributed by atoms with Crippen LogP contribution in [0.2, 0.25) is 0 Å². The van der Waals surface area contributed by atoms with Crippen LogP contribution >= 0.6 is 0 Å². The maximum atomic E-state index is 3.92. The monoisotopic (exact) mass is 271 g/mol. The molecule has 0 aromatic heterocycles. The largest absolute Gasteiger partial charge is 0.313 e. The third kappa shape index (κ3) is 2.20. The average Bonchev–Trinajstić information content (AvgIpc) is 2.87. The first-order valence-electron chi connectivity index (χ1n) is 8.21. The molecular formula is C19H29N. The third-order valence-corrected chi connectivity index (χ3v) is 6.27. The Balaban J connectivity index is 1.63. The molecule has 0 amide bonds. The second-order valence-electron chi connectivity index (χ2n) is 7.98. The lowest BCUT2D eigenvalue weighted by Gasteiger charge is -2.43. The van der Waals surface area contributed by atoms with Crippen molar-refractivity contribution in [2.45, 2.75) is 59.4 Å². The SMILES string of the molecule is Cc1ccccc1CCNC1C(C)(C)[C@H]2CC[C@]1(C)C2. The van der Waals surface area contributed by atoms with Gasteiger partial charge in [0.2, 0.25) is 0 Å². The van der Waals surface area contributed by atoms with E-state index in [0.717, 1.165) is 18.9 Å². The Kier molecular flexibility index (Phi) is 3.44. The zero-order valence-corrected chi connectivity index (χ0v) is 13.5. The quantitative estimate of drug-likeness (QED) is 0.859. The lowest BCUT2D eigenvalue weighted by Crippen LogP contribution is -2.50. The molecule has 2 aliphatic carbocycles. The summed E-state index contributed by atoms with van der Waals surface area (Å²) in [5.74, 6) is 0.934. The summed E-state index contributed by atoms with van der Waals surface area (Å²) in [6, 6.07) is 9.47. The summed E-state index contributed by atoms with van der Waals surface area (Å²) >= 11 is 0. The van der Waals surface area contributed by atoms with Gasteiger partial charge in [-0.15, -0.1) is 0 Å². The molecule has 3 rings (SSSR count). The van der Waals surface area contributed by atoms with Gasteiger partial charge < -0.3 is 5.32 Å². The molecule has 110 valence electrons. The molecule has 2 fully saturated rings. The van der Waals surface area contributed by atoms with E-state index >= 15 is 0 Å². The van der Waals surface area contributed by atoms with Crippen LogP contribution in [0.1, 0.15) is 51.2 Å². The highest BCUT2D eigenvalue weighted by atomic mass is 15.0. The third-order valence-electron chi connectivity index (χ3n) is 6.27. The Labute approximate surface area is 124 Å². The number of benzene rings is 1. The molecule has 1 N–H and O–H groups in total. The van der Waals surface area contributed by atoms with E-state index in [1.54, 1.807) is 0 Å². The van der Waals surface area contributed by atoms with Crippen molar-refractivity contribution in [3.8, 4) is 0 Å². The molecule has 20 heavy (non-hydrogen) atoms. The van der Waals surface area contributed by atoms with Crippen LogP contribution in [0.3, 0.4) is 0 Å². The molecule has 1 aromatic rings. The van der Waals surface area contributed by atoms with Gasteiger partial charge in [0.05, 0.1) is 0 Å². The van der Waals surface area contributed by atoms with Crippen LogP contribution in [0.25, 0.3) is 0 Å². The second kappa shape index (κ2) is 4.87. The van der Waals surface area contributed by atoms with Gasteiger partial charge in [-0.05, 0) is 67.0 Å². The Hall–Kier alpha value is -0.820. The van der Waals surface area contributed by atoms with Gasteiger partial charge in [0.25, 0.3) is 0 Å². The molecular weight excluding hydrogens is 242 g/mol. The average molecular weight is 271 g/mol. The highest BCUT2D eigenvalue weighted by Crippen LogP contribution is 2.62. The summed E-state index contributed by atoms with van der Waals surface area (Å²) in [6.45, 7) is 10.8. The van der Waals surface area contributed by atoms with Gasteiger partial charge >= 0.3 is 0 Å². The van der Waals surface area contributed by atoms with E-state index in [-0.39, 0.29) is 0 Å². The molecule has 2 bridgehead atoms. The van der Waals surface area contributed by atoms with Gasteiger partial charge in [0, 0.05) is 6.04 Å². The van der Waals surface area contributed by atoms with Crippen molar-refractivity contribution in [3.63, 3.8) is 0 Å². The van der Waals surface area contributed by atoms with Crippen molar-refractivity contribution >= 4 is 0 Å². The smallest absolute Gasteiger partial charge is 0.0175 e. The van der Waals surface area contributed by atoms with Crippen molar-refractivity contribution in [3.05, 3.63) is 35.4 Å². The first-order chi connectivity index (χ1) is 9.43. The number of hydrogen-bond acceptors (Lipinski definition) is 1. The summed E-state index contributed by atoms with van der Waals surface area (Å²) in [5.41, 5.74) is 3.93. The highest BCUT2D eigenvalue weighted by Gasteiger charge is 2.58. The van der Waals surface area contributed by atoms with Gasteiger partial charge in [-0.25, -0.2) is 0 Å². The normalized spacial score (nSPS) is 34.6. The second-order valence-corrected chi connectivity index (χ2v) is 7.98. The van der Waals surface area contributed by atoms with Crippen molar-refractivity contribution in [1.29, 1.82) is 0 Å². The minimum atomic E-state index is 0.471. The molecule has 0 heterocycles. The maximum Gasteiger partial charge on any atom is 0.0175 e. The zero-order valence-electron chi connectivity index (χ0n) is 13.5. The molecule has 3 atom stereocenters. The first kappa shape index (κ1) is 14.1. The van der Waals surface area contributed by atoms with Crippen LogP contribution < -0.4 is 5.32 Å². The fourth-order valence-corrected chi connectivity index (χ4v) is 5.05. The van der Waals surface area contributed by atoms with E-state index in [4.69, 9.17) is 0 Å². The van der Waals surface area contributed by atoms with Crippen LogP contribution in [-0.2, 0) is 6.42 Å². The van der Waals surface area contributed by atoms with Gasteiger partial charge in [-0.1, -0.05) is 45.0 Å². The number of fused-ring (bicyclic) bond motifs is 2. The standard InChI is InChI=1S/C19H29N/c1-14-7-5-6-8-15(14)10-12-20-17-18(2,3)16-9-11-19(17,4)13-16/h5-8,16-17,20H,9-13H2,1-4H3/t16-,17?,19+/m0/s1. The van der Waals surface area contributed by atoms with Crippen molar-refractivity contribution in [2.24, 2.45) is 16.7 Å². The zero-order chi connectivity index (χ0) is 14.4. The van der Waals surface area contributed by atoms with Crippen molar-refractivity contribution < 1.29 is 0 Å². The predicted octanol–water partition coefficient (Wildman–Crippen LogP) is 4.34. The Bertz CT molecular complexity index is 486. The lowest BCUT2D eigenvalue weighted by molar-refractivity contribution is 0.110. The Morgan fingerprint density at radius 3 is 2.60 bits per heavy atom. The Morgan fingerprint density at radius 2 is 1.95 bits per heavy atom. The predicted molar refractivity (Wildman–Crippen MR) is 85.9 cm³/mol. The molecule has 0 saturated heterocycles. The molecule has 1 nitrogen and oxygen atoms in total. The van der Waals surface area contributed by atoms with Crippen LogP contribution in [0.5, 0.6) is 0 Å². The number of nitrogens with one attached hydrogen (secondary N) is 1. The van der Waals surface area contributed by atoms with Crippen molar-refractivity contribution in [2.75, 3.05) is 6.54 Å². The van der Waals surface area contributed by atoms with E-state index in [1.807, 2.05) is 0 Å². The Morgan fingerprint density at radius 1 is 1.20 bits per heavy atom. The van der Waals surface area contributed by atoms with Gasteiger partial charge in [-0.2, -0.15) is 0 Å². The number of aryl methyl sites for hydroxylation is 1. The van der Waals surface area contributed by atoms with E-state index < -0.39 is 0 Å². The van der Waals surface area contributed by atoms with Crippen LogP contribution in [0.4, 0.5) is 0 Å². The lowest BCUT2D eigenvalue weighted by atomic mass is 9.68. The molecule has 1 unspecified atom stereocenters. The molecule has 2 aliphatic rings. The molecule has 0 radical (unpaired) electrons. The molecule has 0 spiro atoms. The summed E-state index contributed by atoms with van der Waals surface area (Å²) in [7, 11) is 0. The molecule has 0 aliphatic heterocycles. The van der Waals surface area contributed by atoms with E-state index in [0.29, 0.717) is 16.9 Å². The summed E-state index contributed by atoms with van der Waals surface area (Å²) in [6.07, 6.45) is 5.45. The van der Waals surface area contributed by atoms with Gasteiger partial charge in [0.15, 0.2) is 0 Å². The van der Waals surface area contributed by atoms with Crippen LogP contribution in [0.15, 0.2) is 24.3 Å². The fourth-order valence-electron chi connectivity index (χ4n) is 5.05. The van der Waals surface area contributed by atoms with Crippen LogP contribution in [-0.4, -0.2) is 12.6 Å². The van der Waals surface area contributed by atoms with Gasteiger partial charge in [-0.3, -0.25) is 0 Å². The maximum absolute atomic E-state index is 3.92. The summed E-state index contributed by atoms with van der Waals surface area (Å²) in [5, 5.41) is 3.92. The number of hydrogen-bond donors (Lipinski definition) is 1. The minimum Gasteiger partial charge on any atom is -0.313 e. The van der Waals surface area contributed by atoms with Gasteiger partial charge in [0.1, 0.15) is 0 Å². The molecule has 2 saturated carbocycles. The van der Waals surface area contributed by atoms with E-state index in [1.165, 1.54) is 30.4 Å². The summed E-state index contributed by atoms with van der Waals surface area (Å²) < 4.78 is 0. The topological polar surface area (TPSA) is 12.0 Å². The van der Waals surface area contributed by atoms with Crippen molar-refractivity contribution in [1.82, 2.24) is 5.32 Å². The minimum absolute atomic E-state index is 0.471. The van der Waals surface area contributed by atoms with E-state index in [2.05, 4.69) is 57.3 Å². The van der Waals surface area contributed by atoms with E-state index in [9.17, 15) is 0 Å². The summed E-state index contributed by atoms with van der Waals surface area (Å²) in [4.78, 5) is 0.